The molecule has 0 amide bonds. The van der Waals surface area contributed by atoms with Gasteiger partial charge in [0, 0.05) is 12.7 Å². The first-order valence-corrected chi connectivity index (χ1v) is 5.67. The lowest BCUT2D eigenvalue weighted by Crippen LogP contribution is -2.45. The topological polar surface area (TPSA) is 55.0 Å². The van der Waals surface area contributed by atoms with Crippen LogP contribution >= 0.6 is 0 Å². The number of hydrogen-bond donors (Lipinski definition) is 1. The molecule has 0 saturated heterocycles. The van der Waals surface area contributed by atoms with Crippen LogP contribution in [0.3, 0.4) is 0 Å². The molecule has 0 aromatic carbocycles. The van der Waals surface area contributed by atoms with Crippen LogP contribution in [0.25, 0.3) is 11.0 Å². The smallest absolute Gasteiger partial charge is 0.0890 e. The second-order valence-electron chi connectivity index (χ2n) is 4.61. The van der Waals surface area contributed by atoms with Crippen molar-refractivity contribution in [3.63, 3.8) is 0 Å². The summed E-state index contributed by atoms with van der Waals surface area (Å²) in [7, 11) is 4.03. The molecule has 2 rings (SSSR count). The number of fused-ring (bicyclic) bond motifs is 1. The number of aromatic nitrogens is 2. The van der Waals surface area contributed by atoms with E-state index in [1.54, 1.807) is 6.20 Å². The maximum Gasteiger partial charge on any atom is 0.0890 e. The molecule has 0 fully saturated rings. The first-order chi connectivity index (χ1) is 8.08. The lowest BCUT2D eigenvalue weighted by molar-refractivity contribution is 0.178. The average Bonchev–Trinajstić information content (AvgIpc) is 2.37. The van der Waals surface area contributed by atoms with Gasteiger partial charge < -0.3 is 5.73 Å². The van der Waals surface area contributed by atoms with E-state index in [4.69, 9.17) is 5.73 Å². The molecule has 1 unspecified atom stereocenters. The quantitative estimate of drug-likeness (QED) is 0.865. The monoisotopic (exact) mass is 230 g/mol. The Hall–Kier alpha value is -1.52. The van der Waals surface area contributed by atoms with Gasteiger partial charge in [0.25, 0.3) is 0 Å². The lowest BCUT2D eigenvalue weighted by Gasteiger charge is -2.34. The molecule has 0 aliphatic heterocycles. The van der Waals surface area contributed by atoms with Crippen molar-refractivity contribution in [2.24, 2.45) is 5.73 Å². The van der Waals surface area contributed by atoms with Gasteiger partial charge in [-0.2, -0.15) is 0 Å². The Labute approximate surface area is 101 Å². The van der Waals surface area contributed by atoms with Gasteiger partial charge in [0.05, 0.1) is 22.3 Å². The lowest BCUT2D eigenvalue weighted by atomic mass is 9.95. The first kappa shape index (κ1) is 12.0. The highest BCUT2D eigenvalue weighted by atomic mass is 15.2. The average molecular weight is 230 g/mol. The zero-order valence-corrected chi connectivity index (χ0v) is 10.5. The fourth-order valence-corrected chi connectivity index (χ4v) is 1.77. The summed E-state index contributed by atoms with van der Waals surface area (Å²) in [6.07, 6.45) is 1.78. The SMILES string of the molecule is CN(C)C(C)(CN)c1ccc2ncccc2n1. The Morgan fingerprint density at radius 1 is 1.24 bits per heavy atom. The summed E-state index contributed by atoms with van der Waals surface area (Å²) in [5.74, 6) is 0. The van der Waals surface area contributed by atoms with Crippen LogP contribution < -0.4 is 5.73 Å². The van der Waals surface area contributed by atoms with Gasteiger partial charge in [-0.1, -0.05) is 0 Å². The number of likely N-dealkylation sites (N-methyl/N-ethyl adjacent to an activating group) is 1. The Morgan fingerprint density at radius 2 is 2.00 bits per heavy atom. The number of hydrogen-bond acceptors (Lipinski definition) is 4. The second-order valence-corrected chi connectivity index (χ2v) is 4.61. The Morgan fingerprint density at radius 3 is 2.65 bits per heavy atom. The first-order valence-electron chi connectivity index (χ1n) is 5.67. The number of nitrogens with zero attached hydrogens (tertiary/aromatic N) is 3. The molecule has 90 valence electrons. The molecule has 2 heterocycles. The van der Waals surface area contributed by atoms with Gasteiger partial charge >= 0.3 is 0 Å². The van der Waals surface area contributed by atoms with Crippen LogP contribution in [0.5, 0.6) is 0 Å². The van der Waals surface area contributed by atoms with Crippen molar-refractivity contribution in [1.29, 1.82) is 0 Å². The van der Waals surface area contributed by atoms with Gasteiger partial charge in [0.15, 0.2) is 0 Å². The highest BCUT2D eigenvalue weighted by Gasteiger charge is 2.29. The van der Waals surface area contributed by atoms with Gasteiger partial charge in [-0.25, -0.2) is 4.98 Å². The Kier molecular flexibility index (Phi) is 3.09. The van der Waals surface area contributed by atoms with Crippen LogP contribution in [0, 0.1) is 0 Å². The summed E-state index contributed by atoms with van der Waals surface area (Å²) in [6.45, 7) is 2.62. The molecule has 2 aromatic rings. The third kappa shape index (κ3) is 2.01. The predicted molar refractivity (Wildman–Crippen MR) is 69.6 cm³/mol. The third-order valence-electron chi connectivity index (χ3n) is 3.39. The zero-order valence-electron chi connectivity index (χ0n) is 10.5. The van der Waals surface area contributed by atoms with E-state index in [9.17, 15) is 0 Å². The van der Waals surface area contributed by atoms with Gasteiger partial charge in [-0.15, -0.1) is 0 Å². The van der Waals surface area contributed by atoms with E-state index in [-0.39, 0.29) is 5.54 Å². The fourth-order valence-electron chi connectivity index (χ4n) is 1.77. The molecule has 2 N–H and O–H groups in total. The maximum atomic E-state index is 5.89. The molecule has 0 bridgehead atoms. The summed E-state index contributed by atoms with van der Waals surface area (Å²) in [5, 5.41) is 0. The van der Waals surface area contributed by atoms with Gasteiger partial charge in [-0.05, 0) is 45.3 Å². The van der Waals surface area contributed by atoms with Crippen LogP contribution in [0.1, 0.15) is 12.6 Å². The minimum Gasteiger partial charge on any atom is -0.328 e. The molecule has 17 heavy (non-hydrogen) atoms. The Bertz CT molecular complexity index is 524. The predicted octanol–water partition coefficient (Wildman–Crippen LogP) is 1.37. The molecule has 0 aliphatic carbocycles. The van der Waals surface area contributed by atoms with E-state index in [0.29, 0.717) is 6.54 Å². The molecule has 4 heteroatoms. The molecule has 0 aliphatic rings. The van der Waals surface area contributed by atoms with Crippen molar-refractivity contribution in [2.45, 2.75) is 12.5 Å². The maximum absolute atomic E-state index is 5.89. The normalized spacial score (nSPS) is 15.1. The summed E-state index contributed by atoms with van der Waals surface area (Å²) >= 11 is 0. The van der Waals surface area contributed by atoms with Crippen LogP contribution in [-0.4, -0.2) is 35.5 Å². The third-order valence-corrected chi connectivity index (χ3v) is 3.39. The minimum atomic E-state index is -0.246. The van der Waals surface area contributed by atoms with Crippen molar-refractivity contribution < 1.29 is 0 Å². The van der Waals surface area contributed by atoms with E-state index < -0.39 is 0 Å². The molecular weight excluding hydrogens is 212 g/mol. The van der Waals surface area contributed by atoms with Gasteiger partial charge in [0.2, 0.25) is 0 Å². The highest BCUT2D eigenvalue weighted by molar-refractivity contribution is 5.73. The summed E-state index contributed by atoms with van der Waals surface area (Å²) in [4.78, 5) is 11.0. The number of rotatable bonds is 3. The standard InChI is InChI=1S/C13H18N4/c1-13(9-14,17(2)3)12-7-6-10-11(16-12)5-4-8-15-10/h4-8H,9,14H2,1-3H3. The molecule has 0 radical (unpaired) electrons. The van der Waals surface area contributed by atoms with Crippen molar-refractivity contribution in [2.75, 3.05) is 20.6 Å². The van der Waals surface area contributed by atoms with Crippen molar-refractivity contribution >= 4 is 11.0 Å². The number of nitrogens with two attached hydrogens (primary N) is 1. The largest absolute Gasteiger partial charge is 0.328 e. The van der Waals surface area contributed by atoms with Crippen LogP contribution in [0.15, 0.2) is 30.5 Å². The van der Waals surface area contributed by atoms with E-state index in [2.05, 4.69) is 21.8 Å². The van der Waals surface area contributed by atoms with Crippen molar-refractivity contribution in [1.82, 2.24) is 14.9 Å². The van der Waals surface area contributed by atoms with Crippen LogP contribution in [0.2, 0.25) is 0 Å². The van der Waals surface area contributed by atoms with Crippen molar-refractivity contribution in [3.05, 3.63) is 36.2 Å². The van der Waals surface area contributed by atoms with E-state index >= 15 is 0 Å². The zero-order chi connectivity index (χ0) is 12.5. The molecule has 0 spiro atoms. The van der Waals surface area contributed by atoms with E-state index in [1.807, 2.05) is 38.4 Å². The molecule has 1 atom stereocenters. The van der Waals surface area contributed by atoms with Crippen molar-refractivity contribution in [3.8, 4) is 0 Å². The highest BCUT2D eigenvalue weighted by Crippen LogP contribution is 2.24. The van der Waals surface area contributed by atoms with E-state index in [0.717, 1.165) is 16.7 Å². The molecule has 0 saturated carbocycles. The summed E-state index contributed by atoms with van der Waals surface area (Å²) < 4.78 is 0. The van der Waals surface area contributed by atoms with Crippen LogP contribution in [0.4, 0.5) is 0 Å². The van der Waals surface area contributed by atoms with Gasteiger partial charge in [-0.3, -0.25) is 9.88 Å². The molecule has 4 nitrogen and oxygen atoms in total. The minimum absolute atomic E-state index is 0.246. The van der Waals surface area contributed by atoms with Crippen LogP contribution in [-0.2, 0) is 5.54 Å². The van der Waals surface area contributed by atoms with E-state index in [1.165, 1.54) is 0 Å². The number of pyridine rings is 2. The Balaban J connectivity index is 2.55. The molecular formula is C13H18N4. The fraction of sp³-hybridized carbons (Fsp3) is 0.385. The summed E-state index contributed by atoms with van der Waals surface area (Å²) in [5.41, 5.74) is 8.44. The second kappa shape index (κ2) is 4.39. The summed E-state index contributed by atoms with van der Waals surface area (Å²) in [6, 6.07) is 7.87. The molecule has 2 aromatic heterocycles. The van der Waals surface area contributed by atoms with Gasteiger partial charge in [0.1, 0.15) is 0 Å².